The molecule has 2 aromatic rings. The lowest BCUT2D eigenvalue weighted by molar-refractivity contribution is 0.0636. The molecule has 0 atom stereocenters. The highest BCUT2D eigenvalue weighted by atomic mass is 16.6. The van der Waals surface area contributed by atoms with Crippen LogP contribution in [0.25, 0.3) is 10.8 Å². The predicted molar refractivity (Wildman–Crippen MR) is 110 cm³/mol. The van der Waals surface area contributed by atoms with Crippen LogP contribution in [0.3, 0.4) is 0 Å². The molecule has 27 heavy (non-hydrogen) atoms. The topological polar surface area (TPSA) is 58.6 Å². The quantitative estimate of drug-likeness (QED) is 0.735. The third kappa shape index (κ3) is 5.71. The zero-order valence-corrected chi connectivity index (χ0v) is 17.0. The second-order valence-electron chi connectivity index (χ2n) is 7.61. The first kappa shape index (κ1) is 20.7. The lowest BCUT2D eigenvalue weighted by Gasteiger charge is -2.24. The Morgan fingerprint density at radius 3 is 2.26 bits per heavy atom. The smallest absolute Gasteiger partial charge is 0.412 e. The molecule has 0 radical (unpaired) electrons. The third-order valence-electron chi connectivity index (χ3n) is 4.20. The number of rotatable bonds is 6. The number of amides is 2. The van der Waals surface area contributed by atoms with Gasteiger partial charge in [0.2, 0.25) is 0 Å². The van der Waals surface area contributed by atoms with E-state index in [0.717, 1.165) is 23.6 Å². The Morgan fingerprint density at radius 2 is 1.70 bits per heavy atom. The van der Waals surface area contributed by atoms with Crippen LogP contribution in [0.1, 0.15) is 57.8 Å². The van der Waals surface area contributed by atoms with Crippen LogP contribution in [0.4, 0.5) is 10.5 Å². The van der Waals surface area contributed by atoms with E-state index in [2.05, 4.69) is 12.2 Å². The highest BCUT2D eigenvalue weighted by Crippen LogP contribution is 2.26. The van der Waals surface area contributed by atoms with Crippen LogP contribution in [-0.4, -0.2) is 35.6 Å². The monoisotopic (exact) mass is 370 g/mol. The molecule has 0 fully saturated rings. The highest BCUT2D eigenvalue weighted by molar-refractivity contribution is 6.07. The molecule has 0 aliphatic rings. The summed E-state index contributed by atoms with van der Waals surface area (Å²) in [5, 5.41) is 4.68. The van der Waals surface area contributed by atoms with Gasteiger partial charge in [-0.05, 0) is 57.0 Å². The van der Waals surface area contributed by atoms with Gasteiger partial charge >= 0.3 is 6.09 Å². The average Bonchev–Trinajstić information content (AvgIpc) is 2.60. The number of anilines is 1. The van der Waals surface area contributed by atoms with Crippen molar-refractivity contribution in [1.82, 2.24) is 4.90 Å². The summed E-state index contributed by atoms with van der Waals surface area (Å²) in [6, 6.07) is 11.5. The van der Waals surface area contributed by atoms with Crippen molar-refractivity contribution in [2.45, 2.75) is 53.1 Å². The van der Waals surface area contributed by atoms with Gasteiger partial charge < -0.3 is 9.64 Å². The number of unbranched alkanes of at least 4 members (excludes halogenated alkanes) is 1. The zero-order valence-electron chi connectivity index (χ0n) is 17.0. The van der Waals surface area contributed by atoms with E-state index < -0.39 is 11.7 Å². The van der Waals surface area contributed by atoms with Crippen molar-refractivity contribution in [2.24, 2.45) is 0 Å². The van der Waals surface area contributed by atoms with E-state index in [4.69, 9.17) is 4.74 Å². The molecule has 2 amide bonds. The Kier molecular flexibility index (Phi) is 6.83. The molecular weight excluding hydrogens is 340 g/mol. The van der Waals surface area contributed by atoms with Gasteiger partial charge in [-0.2, -0.15) is 0 Å². The second kappa shape index (κ2) is 8.89. The maximum absolute atomic E-state index is 13.1. The van der Waals surface area contributed by atoms with E-state index in [9.17, 15) is 9.59 Å². The minimum Gasteiger partial charge on any atom is -0.444 e. The van der Waals surface area contributed by atoms with Crippen molar-refractivity contribution in [1.29, 1.82) is 0 Å². The molecule has 0 saturated heterocycles. The summed E-state index contributed by atoms with van der Waals surface area (Å²) in [5.41, 5.74) is 0.349. The van der Waals surface area contributed by atoms with Gasteiger partial charge in [0.05, 0.1) is 11.3 Å². The maximum Gasteiger partial charge on any atom is 0.412 e. The molecule has 0 spiro atoms. The first-order valence-corrected chi connectivity index (χ1v) is 9.57. The molecule has 0 bridgehead atoms. The second-order valence-corrected chi connectivity index (χ2v) is 7.61. The summed E-state index contributed by atoms with van der Waals surface area (Å²) in [6.45, 7) is 10.8. The van der Waals surface area contributed by atoms with E-state index in [1.54, 1.807) is 0 Å². The third-order valence-corrected chi connectivity index (χ3v) is 4.20. The largest absolute Gasteiger partial charge is 0.444 e. The Morgan fingerprint density at radius 1 is 1.07 bits per heavy atom. The van der Waals surface area contributed by atoms with Crippen LogP contribution in [0, 0.1) is 0 Å². The van der Waals surface area contributed by atoms with E-state index in [1.165, 1.54) is 0 Å². The summed E-state index contributed by atoms with van der Waals surface area (Å²) in [4.78, 5) is 27.3. The Labute approximate surface area is 161 Å². The number of nitrogens with zero attached hydrogens (tertiary/aromatic N) is 1. The van der Waals surface area contributed by atoms with E-state index in [0.29, 0.717) is 24.3 Å². The van der Waals surface area contributed by atoms with Crippen LogP contribution in [0.15, 0.2) is 36.4 Å². The molecule has 0 aliphatic carbocycles. The van der Waals surface area contributed by atoms with Gasteiger partial charge in [-0.3, -0.25) is 10.1 Å². The van der Waals surface area contributed by atoms with Crippen molar-refractivity contribution >= 4 is 28.5 Å². The van der Waals surface area contributed by atoms with Gasteiger partial charge in [0, 0.05) is 13.1 Å². The van der Waals surface area contributed by atoms with Crippen molar-refractivity contribution in [2.75, 3.05) is 18.4 Å². The van der Waals surface area contributed by atoms with Gasteiger partial charge in [-0.15, -0.1) is 0 Å². The minimum absolute atomic E-state index is 0.0808. The van der Waals surface area contributed by atoms with Gasteiger partial charge in [0.15, 0.2) is 0 Å². The van der Waals surface area contributed by atoms with Crippen molar-refractivity contribution < 1.29 is 14.3 Å². The van der Waals surface area contributed by atoms with Crippen molar-refractivity contribution in [3.63, 3.8) is 0 Å². The zero-order chi connectivity index (χ0) is 20.0. The lowest BCUT2D eigenvalue weighted by Crippen LogP contribution is -2.33. The summed E-state index contributed by atoms with van der Waals surface area (Å²) in [7, 11) is 0. The summed E-state index contributed by atoms with van der Waals surface area (Å²) in [6.07, 6.45) is 1.40. The summed E-state index contributed by atoms with van der Waals surface area (Å²) in [5.74, 6) is -0.0808. The highest BCUT2D eigenvalue weighted by Gasteiger charge is 2.22. The first-order valence-electron chi connectivity index (χ1n) is 9.57. The fourth-order valence-electron chi connectivity index (χ4n) is 2.86. The van der Waals surface area contributed by atoms with Crippen molar-refractivity contribution in [3.05, 3.63) is 42.0 Å². The van der Waals surface area contributed by atoms with Gasteiger partial charge in [0.25, 0.3) is 5.91 Å². The summed E-state index contributed by atoms with van der Waals surface area (Å²) < 4.78 is 5.37. The molecule has 5 heteroatoms. The number of fused-ring (bicyclic) bond motifs is 1. The van der Waals surface area contributed by atoms with Crippen LogP contribution >= 0.6 is 0 Å². The van der Waals surface area contributed by atoms with E-state index in [-0.39, 0.29) is 5.91 Å². The normalized spacial score (nSPS) is 11.3. The SMILES string of the molecule is CCCCN(CC)C(=O)c1cc2ccccc2cc1NC(=O)OC(C)(C)C. The molecule has 0 saturated carbocycles. The fraction of sp³-hybridized carbons (Fsp3) is 0.455. The molecule has 1 N–H and O–H groups in total. The number of hydrogen-bond donors (Lipinski definition) is 1. The molecular formula is C22H30N2O3. The number of nitrogens with one attached hydrogen (secondary N) is 1. The molecule has 146 valence electrons. The molecule has 5 nitrogen and oxygen atoms in total. The Balaban J connectivity index is 2.42. The average molecular weight is 370 g/mol. The van der Waals surface area contributed by atoms with Gasteiger partial charge in [0.1, 0.15) is 5.60 Å². The number of hydrogen-bond acceptors (Lipinski definition) is 3. The summed E-state index contributed by atoms with van der Waals surface area (Å²) >= 11 is 0. The number of carbonyl (C=O) groups is 2. The van der Waals surface area contributed by atoms with Crippen LogP contribution in [-0.2, 0) is 4.74 Å². The van der Waals surface area contributed by atoms with E-state index in [1.807, 2.05) is 69.0 Å². The van der Waals surface area contributed by atoms with Crippen LogP contribution < -0.4 is 5.32 Å². The molecule has 2 aromatic carbocycles. The molecule has 0 aliphatic heterocycles. The Bertz CT molecular complexity index is 809. The number of ether oxygens (including phenoxy) is 1. The maximum atomic E-state index is 13.1. The van der Waals surface area contributed by atoms with E-state index >= 15 is 0 Å². The lowest BCUT2D eigenvalue weighted by atomic mass is 10.0. The fourth-order valence-corrected chi connectivity index (χ4v) is 2.86. The predicted octanol–water partition coefficient (Wildman–Crippen LogP) is 5.45. The minimum atomic E-state index is -0.609. The molecule has 2 rings (SSSR count). The standard InChI is InChI=1S/C22H30N2O3/c1-6-8-13-24(7-2)20(25)18-14-16-11-9-10-12-17(16)15-19(18)23-21(26)27-22(3,4)5/h9-12,14-15H,6-8,13H2,1-5H3,(H,23,26). The molecule has 0 heterocycles. The van der Waals surface area contributed by atoms with Crippen molar-refractivity contribution in [3.8, 4) is 0 Å². The molecule has 0 unspecified atom stereocenters. The van der Waals surface area contributed by atoms with Gasteiger partial charge in [-0.25, -0.2) is 4.79 Å². The Hall–Kier alpha value is -2.56. The number of carbonyl (C=O) groups excluding carboxylic acids is 2. The van der Waals surface area contributed by atoms with Crippen LogP contribution in [0.5, 0.6) is 0 Å². The first-order chi connectivity index (χ1) is 12.7. The van der Waals surface area contributed by atoms with Gasteiger partial charge in [-0.1, -0.05) is 37.6 Å². The van der Waals surface area contributed by atoms with Crippen LogP contribution in [0.2, 0.25) is 0 Å². The number of benzene rings is 2. The molecule has 0 aromatic heterocycles.